The lowest BCUT2D eigenvalue weighted by atomic mass is 10.1. The Kier molecular flexibility index (Phi) is 6.72. The smallest absolute Gasteiger partial charge is 0.406 e. The molecule has 2 aromatic heterocycles. The third-order valence-corrected chi connectivity index (χ3v) is 5.89. The number of hydrogen-bond acceptors (Lipinski definition) is 6. The number of hydrogen-bond donors (Lipinski definition) is 2. The minimum atomic E-state index is -0.426. The van der Waals surface area contributed by atoms with E-state index in [0.717, 1.165) is 48.0 Å². The Morgan fingerprint density at radius 2 is 2.26 bits per heavy atom. The number of amides is 2. The number of pyridine rings is 1. The maximum absolute atomic E-state index is 13.2. The minimum absolute atomic E-state index is 0.0689. The molecule has 2 amide bonds. The lowest BCUT2D eigenvalue weighted by Crippen LogP contribution is -2.49. The van der Waals surface area contributed by atoms with E-state index in [9.17, 15) is 9.59 Å². The van der Waals surface area contributed by atoms with Gasteiger partial charge in [-0.1, -0.05) is 0 Å². The number of fused-ring (bicyclic) bond motifs is 1. The van der Waals surface area contributed by atoms with Gasteiger partial charge in [0.2, 0.25) is 0 Å². The van der Waals surface area contributed by atoms with Crippen molar-refractivity contribution in [1.29, 1.82) is 0 Å². The minimum Gasteiger partial charge on any atom is -0.453 e. The lowest BCUT2D eigenvalue weighted by Gasteiger charge is -2.30. The molecular weight excluding hydrogens is 398 g/mol. The van der Waals surface area contributed by atoms with Gasteiger partial charge in [0.15, 0.2) is 0 Å². The lowest BCUT2D eigenvalue weighted by molar-refractivity contribution is -0.146. The van der Waals surface area contributed by atoms with Gasteiger partial charge in [0.25, 0.3) is 5.91 Å². The second-order valence-electron chi connectivity index (χ2n) is 8.21. The molecule has 168 valence electrons. The average Bonchev–Trinajstić information content (AvgIpc) is 3.57. The first-order chi connectivity index (χ1) is 15.1. The van der Waals surface area contributed by atoms with E-state index in [2.05, 4.69) is 38.0 Å². The number of ether oxygens (including phenoxy) is 2. The van der Waals surface area contributed by atoms with Crippen molar-refractivity contribution < 1.29 is 19.1 Å². The van der Waals surface area contributed by atoms with Crippen LogP contribution in [0, 0.1) is 6.92 Å². The molecule has 1 saturated carbocycles. The molecule has 0 radical (unpaired) electrons. The summed E-state index contributed by atoms with van der Waals surface area (Å²) in [6.45, 7) is 5.79. The van der Waals surface area contributed by atoms with Crippen molar-refractivity contribution in [2.75, 3.05) is 33.4 Å². The summed E-state index contributed by atoms with van der Waals surface area (Å²) in [4.78, 5) is 31.1. The third-order valence-electron chi connectivity index (χ3n) is 5.89. The van der Waals surface area contributed by atoms with E-state index < -0.39 is 12.2 Å². The van der Waals surface area contributed by atoms with Crippen LogP contribution in [-0.4, -0.2) is 71.9 Å². The Labute approximate surface area is 182 Å². The Balaban J connectivity index is 1.53. The average molecular weight is 430 g/mol. The third kappa shape index (κ3) is 4.99. The first-order valence-electron chi connectivity index (χ1n) is 11.0. The molecule has 9 nitrogen and oxygen atoms in total. The standard InChI is InChI=1S/C22H31N5O4/c1-15-6-8-24-20-19(15)16(13-26(20)10-3-7-25-22(29)30-2)14-27(17-4-5-17)21(28)18-12-23-9-11-31-18/h6,8,13,17-18,23H,3-5,7,9-12,14H2,1-2H3,(H,25,29)/t18-/m1/s1. The number of nitrogens with zero attached hydrogens (tertiary/aromatic N) is 3. The molecule has 2 aliphatic rings. The quantitative estimate of drug-likeness (QED) is 0.619. The zero-order chi connectivity index (χ0) is 21.8. The largest absolute Gasteiger partial charge is 0.453 e. The molecule has 4 rings (SSSR count). The van der Waals surface area contributed by atoms with E-state index in [0.29, 0.717) is 32.8 Å². The van der Waals surface area contributed by atoms with E-state index in [1.54, 1.807) is 0 Å². The Bertz CT molecular complexity index is 933. The number of carbonyl (C=O) groups excluding carboxylic acids is 2. The SMILES string of the molecule is COC(=O)NCCCn1cc(CN(C(=O)[C@H]2CNCCO2)C2CC2)c2c(C)ccnc21. The van der Waals surface area contributed by atoms with Crippen LogP contribution in [0.25, 0.3) is 11.0 Å². The molecule has 31 heavy (non-hydrogen) atoms. The summed E-state index contributed by atoms with van der Waals surface area (Å²) in [7, 11) is 1.36. The van der Waals surface area contributed by atoms with Gasteiger partial charge in [-0.15, -0.1) is 0 Å². The van der Waals surface area contributed by atoms with Crippen LogP contribution in [0.4, 0.5) is 4.79 Å². The van der Waals surface area contributed by atoms with E-state index >= 15 is 0 Å². The molecule has 1 saturated heterocycles. The maximum atomic E-state index is 13.2. The van der Waals surface area contributed by atoms with Crippen LogP contribution in [0.5, 0.6) is 0 Å². The van der Waals surface area contributed by atoms with Crippen molar-refractivity contribution >= 4 is 23.0 Å². The molecule has 1 atom stereocenters. The predicted octanol–water partition coefficient (Wildman–Crippen LogP) is 1.57. The van der Waals surface area contributed by atoms with Crippen LogP contribution in [-0.2, 0) is 27.4 Å². The van der Waals surface area contributed by atoms with Gasteiger partial charge in [-0.05, 0) is 43.4 Å². The number of morpholine rings is 1. The number of carbonyl (C=O) groups is 2. The molecule has 1 aliphatic carbocycles. The van der Waals surface area contributed by atoms with Crippen molar-refractivity contribution in [2.45, 2.75) is 51.4 Å². The van der Waals surface area contributed by atoms with Crippen LogP contribution in [0.2, 0.25) is 0 Å². The van der Waals surface area contributed by atoms with Gasteiger partial charge in [0, 0.05) is 56.5 Å². The van der Waals surface area contributed by atoms with Gasteiger partial charge >= 0.3 is 6.09 Å². The normalized spacial score (nSPS) is 18.7. The second-order valence-corrected chi connectivity index (χ2v) is 8.21. The van der Waals surface area contributed by atoms with Gasteiger partial charge in [0.1, 0.15) is 11.8 Å². The van der Waals surface area contributed by atoms with Crippen LogP contribution >= 0.6 is 0 Å². The fourth-order valence-electron chi connectivity index (χ4n) is 4.14. The van der Waals surface area contributed by atoms with E-state index in [1.807, 2.05) is 17.2 Å². The summed E-state index contributed by atoms with van der Waals surface area (Å²) in [6.07, 6.45) is 5.92. The molecule has 9 heteroatoms. The van der Waals surface area contributed by atoms with Gasteiger partial charge in [0.05, 0.1) is 13.7 Å². The summed E-state index contributed by atoms with van der Waals surface area (Å²) in [6, 6.07) is 2.30. The zero-order valence-corrected chi connectivity index (χ0v) is 18.2. The van der Waals surface area contributed by atoms with Crippen LogP contribution in [0.1, 0.15) is 30.4 Å². The van der Waals surface area contributed by atoms with Crippen molar-refractivity contribution in [2.24, 2.45) is 0 Å². The van der Waals surface area contributed by atoms with Crippen molar-refractivity contribution in [3.63, 3.8) is 0 Å². The fraction of sp³-hybridized carbons (Fsp3) is 0.591. The highest BCUT2D eigenvalue weighted by Crippen LogP contribution is 2.32. The molecule has 1 aliphatic heterocycles. The molecule has 2 N–H and O–H groups in total. The molecule has 0 bridgehead atoms. The fourth-order valence-corrected chi connectivity index (χ4v) is 4.14. The molecule has 0 aromatic carbocycles. The second kappa shape index (κ2) is 9.65. The summed E-state index contributed by atoms with van der Waals surface area (Å²) < 4.78 is 12.5. The number of alkyl carbamates (subject to hydrolysis) is 1. The Hall–Kier alpha value is -2.65. The zero-order valence-electron chi connectivity index (χ0n) is 18.2. The van der Waals surface area contributed by atoms with E-state index in [4.69, 9.17) is 4.74 Å². The number of methoxy groups -OCH3 is 1. The highest BCUT2D eigenvalue weighted by Gasteiger charge is 2.37. The highest BCUT2D eigenvalue weighted by molar-refractivity contribution is 5.86. The van der Waals surface area contributed by atoms with Crippen LogP contribution < -0.4 is 10.6 Å². The monoisotopic (exact) mass is 429 g/mol. The van der Waals surface area contributed by atoms with Crippen molar-refractivity contribution in [3.8, 4) is 0 Å². The topological polar surface area (TPSA) is 97.7 Å². The summed E-state index contributed by atoms with van der Waals surface area (Å²) in [5, 5.41) is 7.06. The molecule has 3 heterocycles. The van der Waals surface area contributed by atoms with Gasteiger partial charge < -0.3 is 29.6 Å². The van der Waals surface area contributed by atoms with E-state index in [1.165, 1.54) is 7.11 Å². The Morgan fingerprint density at radius 3 is 2.97 bits per heavy atom. The summed E-state index contributed by atoms with van der Waals surface area (Å²) in [5.74, 6) is 0.0689. The van der Waals surface area contributed by atoms with E-state index in [-0.39, 0.29) is 11.9 Å². The maximum Gasteiger partial charge on any atom is 0.406 e. The molecule has 2 aromatic rings. The van der Waals surface area contributed by atoms with Crippen LogP contribution in [0.15, 0.2) is 18.5 Å². The van der Waals surface area contributed by atoms with Gasteiger partial charge in [-0.3, -0.25) is 4.79 Å². The number of aromatic nitrogens is 2. The molecule has 0 unspecified atom stereocenters. The number of nitrogens with one attached hydrogen (secondary N) is 2. The first-order valence-corrected chi connectivity index (χ1v) is 11.0. The highest BCUT2D eigenvalue weighted by atomic mass is 16.5. The van der Waals surface area contributed by atoms with Crippen molar-refractivity contribution in [1.82, 2.24) is 25.1 Å². The molecule has 0 spiro atoms. The summed E-state index contributed by atoms with van der Waals surface area (Å²) in [5.41, 5.74) is 3.16. The Morgan fingerprint density at radius 1 is 1.42 bits per heavy atom. The van der Waals surface area contributed by atoms with Crippen molar-refractivity contribution in [3.05, 3.63) is 29.6 Å². The van der Waals surface area contributed by atoms with Crippen LogP contribution in [0.3, 0.4) is 0 Å². The summed E-state index contributed by atoms with van der Waals surface area (Å²) >= 11 is 0. The number of rotatable bonds is 8. The number of aryl methyl sites for hydroxylation is 2. The van der Waals surface area contributed by atoms with Gasteiger partial charge in [-0.25, -0.2) is 9.78 Å². The predicted molar refractivity (Wildman–Crippen MR) is 116 cm³/mol. The first kappa shape index (κ1) is 21.6. The molecule has 2 fully saturated rings. The van der Waals surface area contributed by atoms with Gasteiger partial charge in [-0.2, -0.15) is 0 Å². The molecular formula is C22H31N5O4.